The van der Waals surface area contributed by atoms with Crippen molar-refractivity contribution in [1.82, 2.24) is 10.2 Å². The second-order valence-electron chi connectivity index (χ2n) is 5.52. The second kappa shape index (κ2) is 5.54. The molecule has 1 aliphatic rings. The molecule has 0 aliphatic heterocycles. The number of aromatic nitrogens is 2. The highest BCUT2D eigenvalue weighted by Gasteiger charge is 2.18. The minimum atomic E-state index is -0.113. The zero-order valence-corrected chi connectivity index (χ0v) is 11.4. The van der Waals surface area contributed by atoms with Gasteiger partial charge in [-0.1, -0.05) is 12.1 Å². The van der Waals surface area contributed by atoms with Gasteiger partial charge in [-0.25, -0.2) is 0 Å². The molecule has 0 spiro atoms. The number of anilines is 1. The van der Waals surface area contributed by atoms with Crippen LogP contribution < -0.4 is 16.6 Å². The van der Waals surface area contributed by atoms with E-state index in [0.29, 0.717) is 12.1 Å². The quantitative estimate of drug-likeness (QED) is 0.689. The van der Waals surface area contributed by atoms with Gasteiger partial charge in [0.05, 0.1) is 5.69 Å². The summed E-state index contributed by atoms with van der Waals surface area (Å²) in [6, 6.07) is 10.4. The van der Waals surface area contributed by atoms with Crippen molar-refractivity contribution in [2.24, 2.45) is 5.73 Å². The van der Waals surface area contributed by atoms with Gasteiger partial charge >= 0.3 is 0 Å². The molecule has 1 aromatic carbocycles. The summed E-state index contributed by atoms with van der Waals surface area (Å²) in [5.41, 5.74) is 8.80. The smallest absolute Gasteiger partial charge is 0.264 e. The van der Waals surface area contributed by atoms with E-state index in [9.17, 15) is 4.79 Å². The lowest BCUT2D eigenvalue weighted by Gasteiger charge is -2.28. The maximum absolute atomic E-state index is 11.1. The van der Waals surface area contributed by atoms with Gasteiger partial charge in [-0.3, -0.25) is 15.0 Å². The molecule has 2 atom stereocenters. The highest BCUT2D eigenvalue weighted by Crippen LogP contribution is 2.23. The Hall–Kier alpha value is -2.01. The van der Waals surface area contributed by atoms with Gasteiger partial charge < -0.3 is 11.1 Å². The van der Waals surface area contributed by atoms with Crippen LogP contribution in [0.1, 0.15) is 25.7 Å². The summed E-state index contributed by atoms with van der Waals surface area (Å²) in [6.07, 6.45) is 4.55. The van der Waals surface area contributed by atoms with E-state index in [4.69, 9.17) is 5.73 Å². The van der Waals surface area contributed by atoms with Gasteiger partial charge in [0, 0.05) is 23.8 Å². The lowest BCUT2D eigenvalue weighted by Crippen LogP contribution is -2.34. The summed E-state index contributed by atoms with van der Waals surface area (Å²) < 4.78 is 0. The molecule has 2 unspecified atom stereocenters. The van der Waals surface area contributed by atoms with Crippen molar-refractivity contribution in [3.05, 3.63) is 40.7 Å². The Morgan fingerprint density at radius 2 is 1.95 bits per heavy atom. The van der Waals surface area contributed by atoms with Crippen LogP contribution in [0, 0.1) is 0 Å². The molecule has 3 rings (SSSR count). The number of hydrogen-bond donors (Lipinski definition) is 4. The van der Waals surface area contributed by atoms with E-state index in [1.165, 1.54) is 12.8 Å². The van der Waals surface area contributed by atoms with Crippen molar-refractivity contribution in [3.8, 4) is 11.3 Å². The zero-order valence-electron chi connectivity index (χ0n) is 11.4. The molecule has 106 valence electrons. The van der Waals surface area contributed by atoms with Gasteiger partial charge in [-0.2, -0.15) is 0 Å². The van der Waals surface area contributed by atoms with Crippen LogP contribution in [0.5, 0.6) is 0 Å². The number of hydrogen-bond acceptors (Lipinski definition) is 3. The van der Waals surface area contributed by atoms with Crippen LogP contribution in [0.3, 0.4) is 0 Å². The zero-order chi connectivity index (χ0) is 13.9. The molecule has 2 aromatic rings. The van der Waals surface area contributed by atoms with E-state index in [0.717, 1.165) is 29.8 Å². The molecule has 0 radical (unpaired) electrons. The first-order valence-corrected chi connectivity index (χ1v) is 7.11. The molecule has 1 heterocycles. The van der Waals surface area contributed by atoms with Crippen LogP contribution in [0.4, 0.5) is 5.69 Å². The van der Waals surface area contributed by atoms with Crippen LogP contribution in [-0.2, 0) is 0 Å². The first-order chi connectivity index (χ1) is 9.70. The van der Waals surface area contributed by atoms with Crippen LogP contribution in [0.25, 0.3) is 11.3 Å². The normalized spacial score (nSPS) is 22.6. The Kier molecular flexibility index (Phi) is 3.60. The van der Waals surface area contributed by atoms with Gasteiger partial charge in [0.15, 0.2) is 0 Å². The van der Waals surface area contributed by atoms with Crippen molar-refractivity contribution in [2.75, 3.05) is 5.32 Å². The highest BCUT2D eigenvalue weighted by molar-refractivity contribution is 5.62. The Labute approximate surface area is 117 Å². The number of benzene rings is 1. The largest absolute Gasteiger partial charge is 0.382 e. The maximum Gasteiger partial charge on any atom is 0.264 e. The lowest BCUT2D eigenvalue weighted by atomic mass is 9.91. The number of aromatic amines is 2. The summed E-state index contributed by atoms with van der Waals surface area (Å²) in [5, 5.41) is 8.93. The minimum absolute atomic E-state index is 0.113. The number of H-pyrrole nitrogens is 2. The lowest BCUT2D eigenvalue weighted by molar-refractivity contribution is 0.409. The Morgan fingerprint density at radius 1 is 1.15 bits per heavy atom. The van der Waals surface area contributed by atoms with Crippen LogP contribution in [-0.4, -0.2) is 22.3 Å². The third kappa shape index (κ3) is 2.93. The summed E-state index contributed by atoms with van der Waals surface area (Å²) in [7, 11) is 0. The molecular formula is C15H20N4O. The van der Waals surface area contributed by atoms with Crippen molar-refractivity contribution in [1.29, 1.82) is 0 Å². The van der Waals surface area contributed by atoms with Crippen molar-refractivity contribution < 1.29 is 0 Å². The standard InChI is InChI=1S/C15H20N4O/c16-11-2-1-3-13(8-11)17-12-6-4-10(5-7-12)14-9-15(20)19-18-14/h4-7,9,11,13,17H,1-3,8,16H2,(H2,18,19,20). The number of rotatable bonds is 3. The molecule has 5 nitrogen and oxygen atoms in total. The van der Waals surface area contributed by atoms with Gasteiger partial charge in [-0.05, 0) is 43.4 Å². The van der Waals surface area contributed by atoms with Gasteiger partial charge in [0.25, 0.3) is 5.56 Å². The summed E-state index contributed by atoms with van der Waals surface area (Å²) in [4.78, 5) is 11.1. The molecule has 5 N–H and O–H groups in total. The van der Waals surface area contributed by atoms with Crippen molar-refractivity contribution in [3.63, 3.8) is 0 Å². The number of nitrogens with two attached hydrogens (primary N) is 1. The fourth-order valence-electron chi connectivity index (χ4n) is 2.83. The monoisotopic (exact) mass is 272 g/mol. The van der Waals surface area contributed by atoms with E-state index in [1.807, 2.05) is 24.3 Å². The molecule has 1 fully saturated rings. The Morgan fingerprint density at radius 3 is 2.60 bits per heavy atom. The minimum Gasteiger partial charge on any atom is -0.382 e. The Balaban J connectivity index is 1.68. The predicted molar refractivity (Wildman–Crippen MR) is 80.7 cm³/mol. The molecule has 20 heavy (non-hydrogen) atoms. The third-order valence-corrected chi connectivity index (χ3v) is 3.88. The van der Waals surface area contributed by atoms with E-state index in [2.05, 4.69) is 15.5 Å². The maximum atomic E-state index is 11.1. The summed E-state index contributed by atoms with van der Waals surface area (Å²) >= 11 is 0. The third-order valence-electron chi connectivity index (χ3n) is 3.88. The van der Waals surface area contributed by atoms with Gasteiger partial charge in [-0.15, -0.1) is 0 Å². The average Bonchev–Trinajstić information content (AvgIpc) is 2.86. The van der Waals surface area contributed by atoms with Crippen LogP contribution in [0.2, 0.25) is 0 Å². The van der Waals surface area contributed by atoms with Crippen LogP contribution in [0.15, 0.2) is 35.1 Å². The molecular weight excluding hydrogens is 252 g/mol. The molecule has 1 aliphatic carbocycles. The van der Waals surface area contributed by atoms with Crippen molar-refractivity contribution >= 4 is 5.69 Å². The van der Waals surface area contributed by atoms with Gasteiger partial charge in [0.2, 0.25) is 0 Å². The first-order valence-electron chi connectivity index (χ1n) is 7.11. The van der Waals surface area contributed by atoms with Crippen molar-refractivity contribution in [2.45, 2.75) is 37.8 Å². The first kappa shape index (κ1) is 13.0. The fourth-order valence-corrected chi connectivity index (χ4v) is 2.83. The Bertz CT molecular complexity index is 613. The predicted octanol–water partition coefficient (Wildman–Crippen LogP) is 2.05. The van der Waals surface area contributed by atoms with E-state index in [-0.39, 0.29) is 5.56 Å². The number of nitrogens with one attached hydrogen (secondary N) is 3. The van der Waals surface area contributed by atoms with Gasteiger partial charge in [0.1, 0.15) is 0 Å². The molecule has 0 amide bonds. The van der Waals surface area contributed by atoms with E-state index in [1.54, 1.807) is 6.07 Å². The molecule has 1 aromatic heterocycles. The van der Waals surface area contributed by atoms with E-state index >= 15 is 0 Å². The fraction of sp³-hybridized carbons (Fsp3) is 0.400. The second-order valence-corrected chi connectivity index (χ2v) is 5.52. The SMILES string of the molecule is NC1CCCC(Nc2ccc(-c3cc(=O)[nH][nH]3)cc2)C1. The molecule has 0 bridgehead atoms. The van der Waals surface area contributed by atoms with Crippen LogP contribution >= 0.6 is 0 Å². The summed E-state index contributed by atoms with van der Waals surface area (Å²) in [5.74, 6) is 0. The molecule has 1 saturated carbocycles. The summed E-state index contributed by atoms with van der Waals surface area (Å²) in [6.45, 7) is 0. The molecule has 0 saturated heterocycles. The topological polar surface area (TPSA) is 86.7 Å². The molecule has 5 heteroatoms. The van der Waals surface area contributed by atoms with E-state index < -0.39 is 0 Å². The average molecular weight is 272 g/mol. The highest BCUT2D eigenvalue weighted by atomic mass is 16.1.